The highest BCUT2D eigenvalue weighted by Gasteiger charge is 2.33. The van der Waals surface area contributed by atoms with Crippen molar-refractivity contribution >= 4 is 79.1 Å². The molecule has 2 aromatic carbocycles. The van der Waals surface area contributed by atoms with E-state index in [0.29, 0.717) is 24.2 Å². The average molecular weight is 665 g/mol. The predicted molar refractivity (Wildman–Crippen MR) is 195 cm³/mol. The molecular formula is C32H40N8S4. The fourth-order valence-corrected chi connectivity index (χ4v) is 10.6. The molecule has 0 aromatic heterocycles. The summed E-state index contributed by atoms with van der Waals surface area (Å²) >= 11 is 7.36. The van der Waals surface area contributed by atoms with Crippen molar-refractivity contribution in [3.63, 3.8) is 0 Å². The summed E-state index contributed by atoms with van der Waals surface area (Å²) in [6, 6.07) is 19.0. The highest BCUT2D eigenvalue weighted by Crippen LogP contribution is 2.43. The van der Waals surface area contributed by atoms with Crippen LogP contribution < -0.4 is 9.80 Å². The van der Waals surface area contributed by atoms with Crippen LogP contribution in [0.4, 0.5) is 11.4 Å². The van der Waals surface area contributed by atoms with E-state index in [1.165, 1.54) is 66.4 Å². The maximum absolute atomic E-state index is 4.57. The van der Waals surface area contributed by atoms with Gasteiger partial charge in [0.15, 0.2) is 20.7 Å². The average Bonchev–Trinajstić information content (AvgIpc) is 3.83. The molecule has 0 saturated carbocycles. The Hall–Kier alpha value is -2.28. The molecule has 0 radical (unpaired) electrons. The standard InChI is InChI=1S/2C10H10N2S.2C6H10N2S/c2*1-7-6-12-8-4-2-3-5-9(8)13-10(12)11-7;2*1-5-4-8-2-3-9-6(8)7-5/h2*2-5,7H,6H2,1H3;2*5H,2-4H2,1H3/t2*7-;2*5-/m1010/s1. The minimum Gasteiger partial charge on any atom is -0.349 e. The van der Waals surface area contributed by atoms with Crippen molar-refractivity contribution in [1.29, 1.82) is 0 Å². The van der Waals surface area contributed by atoms with E-state index >= 15 is 0 Å². The van der Waals surface area contributed by atoms with Gasteiger partial charge in [-0.25, -0.2) is 0 Å². The van der Waals surface area contributed by atoms with Crippen LogP contribution in [0.25, 0.3) is 0 Å². The van der Waals surface area contributed by atoms with Crippen molar-refractivity contribution in [3.8, 4) is 0 Å². The monoisotopic (exact) mass is 664 g/mol. The Balaban J connectivity index is 0.0000000962. The first kappa shape index (κ1) is 30.4. The molecular weight excluding hydrogens is 625 g/mol. The molecule has 0 aliphatic carbocycles. The molecule has 8 nitrogen and oxygen atoms in total. The van der Waals surface area contributed by atoms with Gasteiger partial charge in [-0.1, -0.05) is 47.8 Å². The van der Waals surface area contributed by atoms with Crippen molar-refractivity contribution in [1.82, 2.24) is 9.80 Å². The van der Waals surface area contributed by atoms with E-state index in [1.807, 2.05) is 23.5 Å². The Kier molecular flexibility index (Phi) is 9.12. The van der Waals surface area contributed by atoms with Gasteiger partial charge in [-0.2, -0.15) is 0 Å². The highest BCUT2D eigenvalue weighted by molar-refractivity contribution is 8.15. The zero-order valence-corrected chi connectivity index (χ0v) is 29.1. The number of nitrogens with zero attached hydrogens (tertiary/aromatic N) is 8. The number of benzene rings is 2. The number of rotatable bonds is 0. The van der Waals surface area contributed by atoms with Crippen LogP contribution >= 0.6 is 47.0 Å². The second-order valence-corrected chi connectivity index (χ2v) is 16.1. The lowest BCUT2D eigenvalue weighted by Gasteiger charge is -2.12. The second kappa shape index (κ2) is 13.2. The molecule has 0 spiro atoms. The largest absolute Gasteiger partial charge is 0.349 e. The highest BCUT2D eigenvalue weighted by atomic mass is 32.2. The molecule has 8 aliphatic rings. The number of thioether (sulfide) groups is 4. The SMILES string of the molecule is C[C@@H]1CN2C(=N1)Sc1ccccc12.C[C@@H]1CN2CCSC2=N1.C[C@H]1CN2C(=N1)Sc1ccccc12.C[C@H]1CN2CCSC2=N1. The lowest BCUT2D eigenvalue weighted by molar-refractivity contribution is 0.469. The van der Waals surface area contributed by atoms with Crippen LogP contribution in [0.15, 0.2) is 78.3 Å². The van der Waals surface area contributed by atoms with Gasteiger partial charge in [-0.15, -0.1) is 0 Å². The zero-order chi connectivity index (χ0) is 30.2. The van der Waals surface area contributed by atoms with E-state index in [-0.39, 0.29) is 0 Å². The van der Waals surface area contributed by atoms with Gasteiger partial charge in [0.25, 0.3) is 0 Å². The Bertz CT molecular complexity index is 1400. The summed E-state index contributed by atoms with van der Waals surface area (Å²) in [5, 5.41) is 4.91. The maximum Gasteiger partial charge on any atom is 0.169 e. The Morgan fingerprint density at radius 3 is 1.34 bits per heavy atom. The molecule has 0 unspecified atom stereocenters. The third kappa shape index (κ3) is 6.50. The normalized spacial score (nSPS) is 27.7. The zero-order valence-electron chi connectivity index (χ0n) is 25.8. The van der Waals surface area contributed by atoms with Crippen LogP contribution in [0.5, 0.6) is 0 Å². The van der Waals surface area contributed by atoms with Crippen LogP contribution in [0.1, 0.15) is 27.7 Å². The number of aliphatic imine (C=N–C) groups is 4. The Morgan fingerprint density at radius 2 is 0.909 bits per heavy atom. The summed E-state index contributed by atoms with van der Waals surface area (Å²) < 4.78 is 0. The topological polar surface area (TPSA) is 62.4 Å². The van der Waals surface area contributed by atoms with Gasteiger partial charge in [-0.3, -0.25) is 20.0 Å². The quantitative estimate of drug-likeness (QED) is 0.325. The van der Waals surface area contributed by atoms with Gasteiger partial charge in [0, 0.05) is 60.6 Å². The van der Waals surface area contributed by atoms with Crippen LogP contribution in [0, 0.1) is 0 Å². The Labute approximate surface area is 278 Å². The van der Waals surface area contributed by atoms with Gasteiger partial charge < -0.3 is 19.6 Å². The molecule has 0 N–H and O–H groups in total. The summed E-state index contributed by atoms with van der Waals surface area (Å²) in [7, 11) is 0. The molecule has 2 fully saturated rings. The van der Waals surface area contributed by atoms with E-state index in [2.05, 4.69) is 116 Å². The molecule has 2 saturated heterocycles. The van der Waals surface area contributed by atoms with E-state index in [0.717, 1.165) is 26.2 Å². The van der Waals surface area contributed by atoms with Gasteiger partial charge >= 0.3 is 0 Å². The third-order valence-corrected chi connectivity index (χ3v) is 12.3. The molecule has 44 heavy (non-hydrogen) atoms. The number of anilines is 2. The summed E-state index contributed by atoms with van der Waals surface area (Å²) in [5.41, 5.74) is 2.66. The van der Waals surface area contributed by atoms with Gasteiger partial charge in [0.2, 0.25) is 0 Å². The van der Waals surface area contributed by atoms with Crippen LogP contribution in [0.2, 0.25) is 0 Å². The van der Waals surface area contributed by atoms with Crippen molar-refractivity contribution in [2.75, 3.05) is 60.6 Å². The number of para-hydroxylation sites is 2. The van der Waals surface area contributed by atoms with E-state index < -0.39 is 0 Å². The third-order valence-electron chi connectivity index (χ3n) is 8.09. The van der Waals surface area contributed by atoms with Crippen molar-refractivity contribution in [2.24, 2.45) is 20.0 Å². The summed E-state index contributed by atoms with van der Waals surface area (Å²) in [4.78, 5) is 30.1. The fraction of sp³-hybridized carbons (Fsp3) is 0.500. The summed E-state index contributed by atoms with van der Waals surface area (Å²) in [6.07, 6.45) is 0. The first-order valence-electron chi connectivity index (χ1n) is 15.6. The Morgan fingerprint density at radius 1 is 0.523 bits per heavy atom. The van der Waals surface area contributed by atoms with Crippen molar-refractivity contribution in [3.05, 3.63) is 48.5 Å². The molecule has 0 bridgehead atoms. The van der Waals surface area contributed by atoms with Gasteiger partial charge in [-0.05, 0) is 75.5 Å². The van der Waals surface area contributed by atoms with Gasteiger partial charge in [0.1, 0.15) is 0 Å². The molecule has 2 aromatic rings. The van der Waals surface area contributed by atoms with E-state index in [1.54, 1.807) is 23.5 Å². The number of fused-ring (bicyclic) bond motifs is 8. The predicted octanol–water partition coefficient (Wildman–Crippen LogP) is 6.30. The van der Waals surface area contributed by atoms with Crippen molar-refractivity contribution < 1.29 is 0 Å². The summed E-state index contributed by atoms with van der Waals surface area (Å²) in [6.45, 7) is 15.5. The minimum absolute atomic E-state index is 0.454. The lowest BCUT2D eigenvalue weighted by Crippen LogP contribution is -2.22. The molecule has 8 aliphatic heterocycles. The maximum atomic E-state index is 4.57. The van der Waals surface area contributed by atoms with Crippen LogP contribution in [0.3, 0.4) is 0 Å². The van der Waals surface area contributed by atoms with Crippen LogP contribution in [-0.4, -0.2) is 105 Å². The smallest absolute Gasteiger partial charge is 0.169 e. The molecule has 0 amide bonds. The number of hydrogen-bond acceptors (Lipinski definition) is 12. The molecule has 8 heterocycles. The molecule has 232 valence electrons. The second-order valence-electron chi connectivity index (χ2n) is 12.0. The first-order valence-corrected chi connectivity index (χ1v) is 19.2. The first-order chi connectivity index (χ1) is 21.4. The summed E-state index contributed by atoms with van der Waals surface area (Å²) in [5.74, 6) is 2.48. The van der Waals surface area contributed by atoms with Gasteiger partial charge in [0.05, 0.1) is 35.5 Å². The van der Waals surface area contributed by atoms with E-state index in [4.69, 9.17) is 0 Å². The number of amidine groups is 4. The number of hydrogen-bond donors (Lipinski definition) is 0. The van der Waals surface area contributed by atoms with Crippen molar-refractivity contribution in [2.45, 2.75) is 61.7 Å². The lowest BCUT2D eigenvalue weighted by atomic mass is 10.3. The fourth-order valence-electron chi connectivity index (χ4n) is 6.12. The molecule has 12 heteroatoms. The molecule has 10 rings (SSSR count). The van der Waals surface area contributed by atoms with Crippen LogP contribution in [-0.2, 0) is 0 Å². The molecule has 4 atom stereocenters. The van der Waals surface area contributed by atoms with E-state index in [9.17, 15) is 0 Å². The minimum atomic E-state index is 0.454.